The number of anilines is 2. The van der Waals surface area contributed by atoms with Crippen molar-refractivity contribution in [2.75, 3.05) is 23.9 Å². The maximum absolute atomic E-state index is 12.5. The van der Waals surface area contributed by atoms with Crippen LogP contribution in [0.1, 0.15) is 6.42 Å². The molecule has 2 aromatic rings. The van der Waals surface area contributed by atoms with E-state index in [1.165, 1.54) is 30.2 Å². The second-order valence-electron chi connectivity index (χ2n) is 5.90. The first kappa shape index (κ1) is 17.4. The first-order chi connectivity index (χ1) is 12.5. The number of hydrogen-bond acceptors (Lipinski definition) is 5. The van der Waals surface area contributed by atoms with Crippen molar-refractivity contribution in [3.63, 3.8) is 0 Å². The predicted octanol–water partition coefficient (Wildman–Crippen LogP) is 2.60. The zero-order chi connectivity index (χ0) is 18.7. The molecule has 0 aliphatic carbocycles. The largest absolute Gasteiger partial charge is 0.497 e. The normalized spacial score (nSPS) is 16.4. The number of methoxy groups -OCH3 is 1. The summed E-state index contributed by atoms with van der Waals surface area (Å²) in [6.45, 7) is 0.176. The Morgan fingerprint density at radius 2 is 2.04 bits per heavy atom. The van der Waals surface area contributed by atoms with Gasteiger partial charge in [0, 0.05) is 36.9 Å². The third-order valence-corrected chi connectivity index (χ3v) is 4.19. The lowest BCUT2D eigenvalue weighted by Crippen LogP contribution is -2.28. The highest BCUT2D eigenvalue weighted by Crippen LogP contribution is 2.28. The summed E-state index contributed by atoms with van der Waals surface area (Å²) in [7, 11) is 1.54. The second kappa shape index (κ2) is 7.22. The number of non-ortho nitro benzene ring substituents is 1. The number of carbonyl (C=O) groups excluding carboxylic acids is 2. The summed E-state index contributed by atoms with van der Waals surface area (Å²) >= 11 is 0. The molecular weight excluding hydrogens is 338 g/mol. The van der Waals surface area contributed by atoms with Crippen LogP contribution < -0.4 is 15.0 Å². The van der Waals surface area contributed by atoms with Crippen LogP contribution in [0.15, 0.2) is 48.5 Å². The van der Waals surface area contributed by atoms with Crippen molar-refractivity contribution in [3.05, 3.63) is 58.6 Å². The van der Waals surface area contributed by atoms with Crippen molar-refractivity contribution >= 4 is 28.9 Å². The Kier molecular flexibility index (Phi) is 4.83. The molecule has 1 heterocycles. The minimum atomic E-state index is -0.534. The Morgan fingerprint density at radius 1 is 1.27 bits per heavy atom. The summed E-state index contributed by atoms with van der Waals surface area (Å²) in [5.74, 6) is -0.438. The molecular formula is C18H17N3O5. The zero-order valence-corrected chi connectivity index (χ0v) is 14.0. The molecule has 2 amide bonds. The minimum Gasteiger partial charge on any atom is -0.497 e. The van der Waals surface area contributed by atoms with Gasteiger partial charge in [0.25, 0.3) is 5.69 Å². The summed E-state index contributed by atoms with van der Waals surface area (Å²) < 4.78 is 5.12. The van der Waals surface area contributed by atoms with E-state index in [2.05, 4.69) is 5.32 Å². The van der Waals surface area contributed by atoms with Gasteiger partial charge < -0.3 is 15.0 Å². The van der Waals surface area contributed by atoms with Crippen molar-refractivity contribution < 1.29 is 19.2 Å². The Balaban J connectivity index is 1.71. The number of benzene rings is 2. The molecule has 1 N–H and O–H groups in total. The lowest BCUT2D eigenvalue weighted by atomic mass is 10.1. The zero-order valence-electron chi connectivity index (χ0n) is 14.0. The molecule has 1 fully saturated rings. The molecule has 0 radical (unpaired) electrons. The standard InChI is InChI=1S/C18H17N3O5/c1-26-16-7-2-4-13(9-16)19-18(23)12-8-17(22)20(11-12)14-5-3-6-15(10-14)21(24)25/h2-7,9-10,12H,8,11H2,1H3,(H,19,23). The van der Waals surface area contributed by atoms with Crippen molar-refractivity contribution in [1.29, 1.82) is 0 Å². The van der Waals surface area contributed by atoms with Gasteiger partial charge in [0.1, 0.15) is 5.75 Å². The molecule has 2 aromatic carbocycles. The Morgan fingerprint density at radius 3 is 2.77 bits per heavy atom. The average Bonchev–Trinajstić information content (AvgIpc) is 3.04. The van der Waals surface area contributed by atoms with Crippen LogP contribution in [-0.4, -0.2) is 30.4 Å². The van der Waals surface area contributed by atoms with Gasteiger partial charge in [-0.1, -0.05) is 12.1 Å². The van der Waals surface area contributed by atoms with Gasteiger partial charge in [-0.25, -0.2) is 0 Å². The first-order valence-electron chi connectivity index (χ1n) is 7.97. The van der Waals surface area contributed by atoms with Gasteiger partial charge in [-0.15, -0.1) is 0 Å². The SMILES string of the molecule is COc1cccc(NC(=O)C2CC(=O)N(c3cccc([N+](=O)[O-])c3)C2)c1. The van der Waals surface area contributed by atoms with Gasteiger partial charge in [0.05, 0.1) is 23.6 Å². The number of carbonyl (C=O) groups is 2. The van der Waals surface area contributed by atoms with Crippen LogP contribution in [0, 0.1) is 16.0 Å². The smallest absolute Gasteiger partial charge is 0.271 e. The molecule has 0 saturated carbocycles. The van der Waals surface area contributed by atoms with Gasteiger partial charge in [-0.3, -0.25) is 19.7 Å². The summed E-state index contributed by atoms with van der Waals surface area (Å²) in [5.41, 5.74) is 0.899. The summed E-state index contributed by atoms with van der Waals surface area (Å²) in [5, 5.41) is 13.7. The number of amides is 2. The molecule has 134 valence electrons. The molecule has 1 aliphatic rings. The number of nitro benzene ring substituents is 1. The van der Waals surface area contributed by atoms with E-state index in [1.807, 2.05) is 0 Å². The van der Waals surface area contributed by atoms with Gasteiger partial charge in [0.2, 0.25) is 11.8 Å². The van der Waals surface area contributed by atoms with E-state index >= 15 is 0 Å². The van der Waals surface area contributed by atoms with E-state index in [1.54, 1.807) is 30.3 Å². The minimum absolute atomic E-state index is 0.0541. The number of nitrogens with zero attached hydrogens (tertiary/aromatic N) is 2. The molecule has 0 spiro atoms. The highest BCUT2D eigenvalue weighted by molar-refractivity contribution is 6.03. The Hall–Kier alpha value is -3.42. The lowest BCUT2D eigenvalue weighted by Gasteiger charge is -2.16. The maximum atomic E-state index is 12.5. The third-order valence-electron chi connectivity index (χ3n) is 4.19. The average molecular weight is 355 g/mol. The number of ether oxygens (including phenoxy) is 1. The van der Waals surface area contributed by atoms with E-state index < -0.39 is 10.8 Å². The lowest BCUT2D eigenvalue weighted by molar-refractivity contribution is -0.384. The summed E-state index contributed by atoms with van der Waals surface area (Å²) in [4.78, 5) is 36.5. The number of nitro groups is 1. The number of hydrogen-bond donors (Lipinski definition) is 1. The molecule has 1 aliphatic heterocycles. The van der Waals surface area contributed by atoms with E-state index in [4.69, 9.17) is 4.74 Å². The highest BCUT2D eigenvalue weighted by Gasteiger charge is 2.35. The fourth-order valence-electron chi connectivity index (χ4n) is 2.85. The van der Waals surface area contributed by atoms with Gasteiger partial charge in [-0.2, -0.15) is 0 Å². The van der Waals surface area contributed by atoms with E-state index in [0.717, 1.165) is 0 Å². The number of rotatable bonds is 5. The maximum Gasteiger partial charge on any atom is 0.271 e. The van der Waals surface area contributed by atoms with Crippen LogP contribution in [-0.2, 0) is 9.59 Å². The summed E-state index contributed by atoms with van der Waals surface area (Å²) in [6.07, 6.45) is 0.0541. The number of nitrogens with one attached hydrogen (secondary N) is 1. The fraction of sp³-hybridized carbons (Fsp3) is 0.222. The first-order valence-corrected chi connectivity index (χ1v) is 7.97. The van der Waals surface area contributed by atoms with E-state index in [0.29, 0.717) is 17.1 Å². The second-order valence-corrected chi connectivity index (χ2v) is 5.90. The van der Waals surface area contributed by atoms with E-state index in [-0.39, 0.29) is 30.5 Å². The van der Waals surface area contributed by atoms with Crippen LogP contribution >= 0.6 is 0 Å². The van der Waals surface area contributed by atoms with Crippen LogP contribution in [0.25, 0.3) is 0 Å². The van der Waals surface area contributed by atoms with Gasteiger partial charge in [-0.05, 0) is 18.2 Å². The molecule has 3 rings (SSSR count). The van der Waals surface area contributed by atoms with Crippen molar-refractivity contribution in [2.45, 2.75) is 6.42 Å². The van der Waals surface area contributed by atoms with E-state index in [9.17, 15) is 19.7 Å². The quantitative estimate of drug-likeness (QED) is 0.656. The van der Waals surface area contributed by atoms with Crippen molar-refractivity contribution in [2.24, 2.45) is 5.92 Å². The molecule has 8 nitrogen and oxygen atoms in total. The molecule has 26 heavy (non-hydrogen) atoms. The van der Waals surface area contributed by atoms with Crippen LogP contribution in [0.3, 0.4) is 0 Å². The molecule has 8 heteroatoms. The summed E-state index contributed by atoms with van der Waals surface area (Å²) in [6, 6.07) is 12.8. The van der Waals surface area contributed by atoms with Gasteiger partial charge >= 0.3 is 0 Å². The monoisotopic (exact) mass is 355 g/mol. The molecule has 0 bridgehead atoms. The van der Waals surface area contributed by atoms with Crippen LogP contribution in [0.4, 0.5) is 17.1 Å². The topological polar surface area (TPSA) is 102 Å². The van der Waals surface area contributed by atoms with Crippen LogP contribution in [0.2, 0.25) is 0 Å². The van der Waals surface area contributed by atoms with Crippen molar-refractivity contribution in [3.8, 4) is 5.75 Å². The Bertz CT molecular complexity index is 867. The molecule has 1 atom stereocenters. The molecule has 1 unspecified atom stereocenters. The molecule has 1 saturated heterocycles. The Labute approximate surface area is 149 Å². The van der Waals surface area contributed by atoms with Crippen molar-refractivity contribution in [1.82, 2.24) is 0 Å². The molecule has 0 aromatic heterocycles. The predicted molar refractivity (Wildman–Crippen MR) is 95.2 cm³/mol. The fourth-order valence-corrected chi connectivity index (χ4v) is 2.85. The third kappa shape index (κ3) is 3.64. The highest BCUT2D eigenvalue weighted by atomic mass is 16.6. The van der Waals surface area contributed by atoms with Crippen LogP contribution in [0.5, 0.6) is 5.75 Å². The van der Waals surface area contributed by atoms with Gasteiger partial charge in [0.15, 0.2) is 0 Å².